The Morgan fingerprint density at radius 2 is 1.92 bits per heavy atom. The molecule has 0 unspecified atom stereocenters. The highest BCUT2D eigenvalue weighted by Gasteiger charge is 2.50. The van der Waals surface area contributed by atoms with E-state index in [0.29, 0.717) is 12.8 Å². The molecule has 1 heterocycles. The van der Waals surface area contributed by atoms with Crippen LogP contribution in [0.25, 0.3) is 0 Å². The highest BCUT2D eigenvalue weighted by molar-refractivity contribution is 8.00. The van der Waals surface area contributed by atoms with Crippen molar-refractivity contribution in [1.29, 1.82) is 0 Å². The molecule has 1 aliphatic carbocycles. The first-order valence-electron chi connectivity index (χ1n) is 8.77. The van der Waals surface area contributed by atoms with Crippen LogP contribution in [0.15, 0.2) is 23.1 Å². The van der Waals surface area contributed by atoms with E-state index in [4.69, 9.17) is 0 Å². The zero-order valence-corrected chi connectivity index (χ0v) is 15.6. The van der Waals surface area contributed by atoms with Crippen LogP contribution >= 0.6 is 11.8 Å². The Bertz CT molecular complexity index is 711. The average Bonchev–Trinajstić information content (AvgIpc) is 2.58. The van der Waals surface area contributed by atoms with E-state index >= 15 is 0 Å². The summed E-state index contributed by atoms with van der Waals surface area (Å²) in [5.41, 5.74) is 1.50. The van der Waals surface area contributed by atoms with E-state index in [9.17, 15) is 14.4 Å². The van der Waals surface area contributed by atoms with E-state index < -0.39 is 5.54 Å². The fraction of sp³-hybridized carbons (Fsp3) is 0.526. The molecule has 0 atom stereocenters. The fourth-order valence-electron chi connectivity index (χ4n) is 3.84. The van der Waals surface area contributed by atoms with Gasteiger partial charge in [-0.3, -0.25) is 19.7 Å². The Labute approximate surface area is 152 Å². The summed E-state index contributed by atoms with van der Waals surface area (Å²) in [5, 5.41) is 2.44. The molecule has 1 aliphatic heterocycles. The van der Waals surface area contributed by atoms with Crippen LogP contribution in [-0.2, 0) is 14.4 Å². The number of carbonyl (C=O) groups excluding carboxylic acids is 3. The van der Waals surface area contributed by atoms with Gasteiger partial charge in [0.2, 0.25) is 11.8 Å². The predicted octanol–water partition coefficient (Wildman–Crippen LogP) is 2.58. The number of hydrogen-bond donors (Lipinski definition) is 1. The lowest BCUT2D eigenvalue weighted by atomic mass is 9.78. The summed E-state index contributed by atoms with van der Waals surface area (Å²) in [4.78, 5) is 39.9. The molecule has 1 N–H and O–H groups in total. The molecule has 2 fully saturated rings. The second kappa shape index (κ2) is 7.20. The zero-order chi connectivity index (χ0) is 18.0. The van der Waals surface area contributed by atoms with Crippen LogP contribution < -0.4 is 5.32 Å². The minimum Gasteiger partial charge on any atom is -0.318 e. The number of carbonyl (C=O) groups is 3. The lowest BCUT2D eigenvalue weighted by Gasteiger charge is -2.47. The van der Waals surface area contributed by atoms with Gasteiger partial charge in [-0.2, -0.15) is 0 Å². The third-order valence-electron chi connectivity index (χ3n) is 5.16. The van der Waals surface area contributed by atoms with Gasteiger partial charge < -0.3 is 4.90 Å². The van der Waals surface area contributed by atoms with Gasteiger partial charge in [0.15, 0.2) is 0 Å². The van der Waals surface area contributed by atoms with Crippen LogP contribution in [0.4, 0.5) is 0 Å². The number of thioether (sulfide) groups is 1. The standard InChI is InChI=1S/C19H24N2O3S/c1-13-6-7-15(14(2)10-13)25-12-17(23)21-11-16(22)20-18(24)19(21)8-4-3-5-9-19/h6-7,10H,3-5,8-9,11-12H2,1-2H3,(H,20,22,24). The summed E-state index contributed by atoms with van der Waals surface area (Å²) in [7, 11) is 0. The van der Waals surface area contributed by atoms with Gasteiger partial charge in [0.25, 0.3) is 5.91 Å². The summed E-state index contributed by atoms with van der Waals surface area (Å²) in [6, 6.07) is 6.14. The molecule has 5 nitrogen and oxygen atoms in total. The minimum absolute atomic E-state index is 0.0159. The minimum atomic E-state index is -0.827. The van der Waals surface area contributed by atoms with E-state index in [-0.39, 0.29) is 30.0 Å². The van der Waals surface area contributed by atoms with E-state index in [1.54, 1.807) is 4.90 Å². The number of nitrogens with zero attached hydrogens (tertiary/aromatic N) is 1. The Hall–Kier alpha value is -1.82. The quantitative estimate of drug-likeness (QED) is 0.665. The number of imide groups is 1. The number of aryl methyl sites for hydroxylation is 2. The first-order valence-corrected chi connectivity index (χ1v) is 9.76. The van der Waals surface area contributed by atoms with Crippen LogP contribution in [0.1, 0.15) is 43.2 Å². The molecule has 6 heteroatoms. The molecule has 3 amide bonds. The summed E-state index contributed by atoms with van der Waals surface area (Å²) in [6.45, 7) is 4.05. The summed E-state index contributed by atoms with van der Waals surface area (Å²) in [5.74, 6) is -0.568. The third-order valence-corrected chi connectivity index (χ3v) is 6.32. The van der Waals surface area contributed by atoms with Gasteiger partial charge in [-0.15, -0.1) is 11.8 Å². The van der Waals surface area contributed by atoms with Gasteiger partial charge in [-0.1, -0.05) is 37.0 Å². The van der Waals surface area contributed by atoms with Crippen LogP contribution in [0, 0.1) is 13.8 Å². The van der Waals surface area contributed by atoms with Crippen molar-refractivity contribution in [2.45, 2.75) is 56.4 Å². The molecular weight excluding hydrogens is 336 g/mol. The molecule has 1 aromatic rings. The van der Waals surface area contributed by atoms with Gasteiger partial charge >= 0.3 is 0 Å². The monoisotopic (exact) mass is 360 g/mol. The Morgan fingerprint density at radius 3 is 2.60 bits per heavy atom. The lowest BCUT2D eigenvalue weighted by Crippen LogP contribution is -2.69. The number of amides is 3. The third kappa shape index (κ3) is 3.59. The lowest BCUT2D eigenvalue weighted by molar-refractivity contribution is -0.158. The van der Waals surface area contributed by atoms with Gasteiger partial charge in [0.05, 0.1) is 5.75 Å². The maximum atomic E-state index is 12.9. The van der Waals surface area contributed by atoms with Crippen molar-refractivity contribution in [2.75, 3.05) is 12.3 Å². The molecule has 2 aliphatic rings. The predicted molar refractivity (Wildman–Crippen MR) is 97.3 cm³/mol. The molecule has 1 saturated carbocycles. The molecule has 0 bridgehead atoms. The van der Waals surface area contributed by atoms with E-state index in [1.807, 2.05) is 26.0 Å². The zero-order valence-electron chi connectivity index (χ0n) is 14.8. The van der Waals surface area contributed by atoms with Crippen molar-refractivity contribution in [1.82, 2.24) is 10.2 Å². The van der Waals surface area contributed by atoms with Gasteiger partial charge in [-0.25, -0.2) is 0 Å². The number of piperazine rings is 1. The second-order valence-electron chi connectivity index (χ2n) is 7.01. The number of hydrogen-bond acceptors (Lipinski definition) is 4. The SMILES string of the molecule is Cc1ccc(SCC(=O)N2CC(=O)NC(=O)C23CCCCC3)c(C)c1. The molecular formula is C19H24N2O3S. The van der Waals surface area contributed by atoms with Gasteiger partial charge in [0.1, 0.15) is 12.1 Å². The van der Waals surface area contributed by atoms with Crippen molar-refractivity contribution in [3.8, 4) is 0 Å². The second-order valence-corrected chi connectivity index (χ2v) is 8.02. The molecule has 1 aromatic carbocycles. The number of nitrogens with one attached hydrogen (secondary N) is 1. The molecule has 1 spiro atoms. The number of rotatable bonds is 3. The smallest absolute Gasteiger partial charge is 0.252 e. The topological polar surface area (TPSA) is 66.5 Å². The Balaban J connectivity index is 1.76. The largest absolute Gasteiger partial charge is 0.318 e. The first kappa shape index (κ1) is 18.0. The van der Waals surface area contributed by atoms with Crippen LogP contribution in [0.3, 0.4) is 0 Å². The maximum absolute atomic E-state index is 12.9. The normalized spacial score (nSPS) is 19.8. The van der Waals surface area contributed by atoms with Crippen molar-refractivity contribution in [3.63, 3.8) is 0 Å². The molecule has 0 aromatic heterocycles. The Morgan fingerprint density at radius 1 is 1.20 bits per heavy atom. The van der Waals surface area contributed by atoms with Gasteiger partial charge in [-0.05, 0) is 38.3 Å². The van der Waals surface area contributed by atoms with Crippen molar-refractivity contribution in [3.05, 3.63) is 29.3 Å². The molecule has 25 heavy (non-hydrogen) atoms. The van der Waals surface area contributed by atoms with Crippen molar-refractivity contribution >= 4 is 29.5 Å². The average molecular weight is 360 g/mol. The first-order chi connectivity index (χ1) is 11.9. The number of benzene rings is 1. The van der Waals surface area contributed by atoms with Gasteiger partial charge in [0, 0.05) is 4.90 Å². The van der Waals surface area contributed by atoms with E-state index in [1.165, 1.54) is 17.3 Å². The molecule has 134 valence electrons. The molecule has 1 saturated heterocycles. The molecule has 3 rings (SSSR count). The summed E-state index contributed by atoms with van der Waals surface area (Å²) < 4.78 is 0. The van der Waals surface area contributed by atoms with Crippen molar-refractivity contribution in [2.24, 2.45) is 0 Å². The van der Waals surface area contributed by atoms with Crippen molar-refractivity contribution < 1.29 is 14.4 Å². The van der Waals surface area contributed by atoms with Crippen LogP contribution in [-0.4, -0.2) is 40.5 Å². The fourth-order valence-corrected chi connectivity index (χ4v) is 4.72. The van der Waals surface area contributed by atoms with Crippen LogP contribution in [0.5, 0.6) is 0 Å². The molecule has 0 radical (unpaired) electrons. The summed E-state index contributed by atoms with van der Waals surface area (Å²) in [6.07, 6.45) is 4.19. The highest BCUT2D eigenvalue weighted by Crippen LogP contribution is 2.36. The summed E-state index contributed by atoms with van der Waals surface area (Å²) >= 11 is 1.47. The van der Waals surface area contributed by atoms with E-state index in [0.717, 1.165) is 29.7 Å². The highest BCUT2D eigenvalue weighted by atomic mass is 32.2. The Kier molecular flexibility index (Phi) is 5.18. The van der Waals surface area contributed by atoms with E-state index in [2.05, 4.69) is 11.4 Å². The maximum Gasteiger partial charge on any atom is 0.252 e. The van der Waals surface area contributed by atoms with Crippen LogP contribution in [0.2, 0.25) is 0 Å².